The molecule has 1 aliphatic rings. The van der Waals surface area contributed by atoms with E-state index in [2.05, 4.69) is 6.92 Å². The number of allylic oxidation sites excluding steroid dienone is 1. The van der Waals surface area contributed by atoms with Crippen molar-refractivity contribution in [2.24, 2.45) is 5.92 Å². The first-order chi connectivity index (χ1) is 14.1. The standard InChI is InChI=1S/C23H28O6S/c1-15-5-6-17-13-19(25)11-12-21(17)22(15)14-20(30(27,28)29)3-2-4-23(26)16-7-9-18(24)10-8-16/h2,4,7-13,15,20,22-26H,3,5-6,14H2,1H3,(H,27,28,29)/t15-,20-,22+,23+/m0/s1. The van der Waals surface area contributed by atoms with E-state index in [0.29, 0.717) is 5.56 Å². The lowest BCUT2D eigenvalue weighted by atomic mass is 9.73. The van der Waals surface area contributed by atoms with Crippen molar-refractivity contribution in [3.8, 4) is 11.5 Å². The minimum atomic E-state index is -4.28. The van der Waals surface area contributed by atoms with Gasteiger partial charge in [-0.3, -0.25) is 4.55 Å². The Balaban J connectivity index is 1.75. The number of phenols is 2. The second-order valence-corrected chi connectivity index (χ2v) is 9.78. The maximum absolute atomic E-state index is 12.1. The molecule has 4 N–H and O–H groups in total. The number of rotatable bonds is 7. The van der Waals surface area contributed by atoms with Crippen molar-refractivity contribution in [2.45, 2.75) is 49.9 Å². The van der Waals surface area contributed by atoms with Crippen LogP contribution in [0.4, 0.5) is 0 Å². The predicted molar refractivity (Wildman–Crippen MR) is 115 cm³/mol. The maximum Gasteiger partial charge on any atom is 0.268 e. The Morgan fingerprint density at radius 2 is 1.77 bits per heavy atom. The number of aliphatic hydroxyl groups excluding tert-OH is 1. The van der Waals surface area contributed by atoms with E-state index in [9.17, 15) is 28.3 Å². The van der Waals surface area contributed by atoms with Crippen molar-refractivity contribution in [1.29, 1.82) is 0 Å². The van der Waals surface area contributed by atoms with Crippen LogP contribution in [0.25, 0.3) is 0 Å². The van der Waals surface area contributed by atoms with Crippen LogP contribution < -0.4 is 0 Å². The Hall–Kier alpha value is -2.35. The summed E-state index contributed by atoms with van der Waals surface area (Å²) in [4.78, 5) is 0. The quantitative estimate of drug-likeness (QED) is 0.387. The molecule has 30 heavy (non-hydrogen) atoms. The van der Waals surface area contributed by atoms with Gasteiger partial charge in [-0.15, -0.1) is 0 Å². The molecule has 3 rings (SSSR count). The van der Waals surface area contributed by atoms with Gasteiger partial charge in [0.2, 0.25) is 0 Å². The third-order valence-corrected chi connectivity index (χ3v) is 7.20. The summed E-state index contributed by atoms with van der Waals surface area (Å²) >= 11 is 0. The number of aryl methyl sites for hydroxylation is 1. The number of hydrogen-bond acceptors (Lipinski definition) is 5. The fourth-order valence-corrected chi connectivity index (χ4v) is 4.99. The van der Waals surface area contributed by atoms with E-state index in [-0.39, 0.29) is 36.2 Å². The molecule has 0 unspecified atom stereocenters. The third kappa shape index (κ3) is 5.41. The highest BCUT2D eigenvalue weighted by Gasteiger charge is 2.33. The van der Waals surface area contributed by atoms with E-state index < -0.39 is 21.5 Å². The molecule has 0 aromatic heterocycles. The topological polar surface area (TPSA) is 115 Å². The molecule has 6 nitrogen and oxygen atoms in total. The van der Waals surface area contributed by atoms with Crippen LogP contribution in [-0.2, 0) is 16.5 Å². The van der Waals surface area contributed by atoms with E-state index in [1.165, 1.54) is 18.2 Å². The van der Waals surface area contributed by atoms with Crippen LogP contribution >= 0.6 is 0 Å². The fraction of sp³-hybridized carbons (Fsp3) is 0.391. The number of aromatic hydroxyl groups is 2. The number of benzene rings is 2. The van der Waals surface area contributed by atoms with Crippen LogP contribution in [-0.4, -0.2) is 33.5 Å². The number of aliphatic hydroxyl groups is 1. The summed E-state index contributed by atoms with van der Waals surface area (Å²) < 4.78 is 33.9. The van der Waals surface area contributed by atoms with Gasteiger partial charge >= 0.3 is 0 Å². The van der Waals surface area contributed by atoms with Gasteiger partial charge in [-0.1, -0.05) is 37.3 Å². The Labute approximate surface area is 177 Å². The summed E-state index contributed by atoms with van der Waals surface area (Å²) in [5, 5.41) is 28.3. The number of phenolic OH excluding ortho intramolecular Hbond substituents is 2. The summed E-state index contributed by atoms with van der Waals surface area (Å²) in [6.45, 7) is 2.08. The monoisotopic (exact) mass is 432 g/mol. The molecule has 0 bridgehead atoms. The molecule has 0 fully saturated rings. The zero-order valence-electron chi connectivity index (χ0n) is 16.8. The first-order valence-corrected chi connectivity index (χ1v) is 11.6. The zero-order valence-corrected chi connectivity index (χ0v) is 17.7. The molecule has 0 aliphatic heterocycles. The van der Waals surface area contributed by atoms with E-state index in [4.69, 9.17) is 0 Å². The molecule has 7 heteroatoms. The van der Waals surface area contributed by atoms with Crippen LogP contribution in [0.3, 0.4) is 0 Å². The van der Waals surface area contributed by atoms with E-state index in [1.807, 2.05) is 6.07 Å². The Morgan fingerprint density at radius 3 is 2.43 bits per heavy atom. The summed E-state index contributed by atoms with van der Waals surface area (Å²) in [5.74, 6) is 0.491. The Bertz CT molecular complexity index is 997. The van der Waals surface area contributed by atoms with Crippen molar-refractivity contribution in [2.75, 3.05) is 0 Å². The second kappa shape index (κ2) is 9.20. The molecule has 0 radical (unpaired) electrons. The van der Waals surface area contributed by atoms with Crippen molar-refractivity contribution in [3.05, 3.63) is 71.3 Å². The lowest BCUT2D eigenvalue weighted by Crippen LogP contribution is -2.27. The van der Waals surface area contributed by atoms with Gasteiger partial charge in [0, 0.05) is 0 Å². The first kappa shape index (κ1) is 22.3. The summed E-state index contributed by atoms with van der Waals surface area (Å²) in [5.41, 5.74) is 2.61. The van der Waals surface area contributed by atoms with Gasteiger partial charge in [0.25, 0.3) is 10.1 Å². The van der Waals surface area contributed by atoms with Gasteiger partial charge in [-0.05, 0) is 78.5 Å². The van der Waals surface area contributed by atoms with Gasteiger partial charge < -0.3 is 15.3 Å². The van der Waals surface area contributed by atoms with E-state index >= 15 is 0 Å². The van der Waals surface area contributed by atoms with E-state index in [1.54, 1.807) is 30.3 Å². The lowest BCUT2D eigenvalue weighted by Gasteiger charge is -2.33. The maximum atomic E-state index is 12.1. The normalized spacial score (nSPS) is 21.3. The molecule has 2 aromatic rings. The highest BCUT2D eigenvalue weighted by atomic mass is 32.2. The van der Waals surface area contributed by atoms with Gasteiger partial charge in [0.05, 0.1) is 11.4 Å². The van der Waals surface area contributed by atoms with Crippen LogP contribution in [0.1, 0.15) is 54.9 Å². The Morgan fingerprint density at radius 1 is 1.10 bits per heavy atom. The zero-order chi connectivity index (χ0) is 21.9. The largest absolute Gasteiger partial charge is 0.508 e. The predicted octanol–water partition coefficient (Wildman–Crippen LogP) is 4.09. The summed E-state index contributed by atoms with van der Waals surface area (Å²) in [6, 6.07) is 11.3. The molecule has 0 saturated heterocycles. The SMILES string of the molecule is C[C@H]1CCc2cc(O)ccc2[C@@H]1C[C@H](CC=C[C@@H](O)c1ccc(O)cc1)S(=O)(=O)O. The molecule has 0 spiro atoms. The van der Waals surface area contributed by atoms with Crippen LogP contribution in [0.5, 0.6) is 11.5 Å². The third-order valence-electron chi connectivity index (χ3n) is 5.97. The van der Waals surface area contributed by atoms with Crippen LogP contribution in [0.15, 0.2) is 54.6 Å². The fourth-order valence-electron chi connectivity index (χ4n) is 4.19. The van der Waals surface area contributed by atoms with Crippen molar-refractivity contribution >= 4 is 10.1 Å². The Kier molecular flexibility index (Phi) is 6.85. The van der Waals surface area contributed by atoms with Crippen molar-refractivity contribution < 1.29 is 28.3 Å². The van der Waals surface area contributed by atoms with Crippen molar-refractivity contribution in [3.63, 3.8) is 0 Å². The van der Waals surface area contributed by atoms with E-state index in [0.717, 1.165) is 24.0 Å². The minimum Gasteiger partial charge on any atom is -0.508 e. The molecular formula is C23H28O6S. The number of fused-ring (bicyclic) bond motifs is 1. The molecule has 1 aliphatic carbocycles. The summed E-state index contributed by atoms with van der Waals surface area (Å²) in [7, 11) is -4.28. The molecular weight excluding hydrogens is 404 g/mol. The molecule has 4 atom stereocenters. The first-order valence-electron chi connectivity index (χ1n) is 10.1. The van der Waals surface area contributed by atoms with Gasteiger partial charge in [0.1, 0.15) is 11.5 Å². The van der Waals surface area contributed by atoms with Crippen LogP contribution in [0.2, 0.25) is 0 Å². The van der Waals surface area contributed by atoms with Gasteiger partial charge in [-0.2, -0.15) is 8.42 Å². The smallest absolute Gasteiger partial charge is 0.268 e. The van der Waals surface area contributed by atoms with Crippen molar-refractivity contribution in [1.82, 2.24) is 0 Å². The minimum absolute atomic E-state index is 0.0447. The average molecular weight is 433 g/mol. The van der Waals surface area contributed by atoms with Gasteiger partial charge in [0.15, 0.2) is 0 Å². The molecule has 0 heterocycles. The number of hydrogen-bond donors (Lipinski definition) is 4. The molecule has 0 amide bonds. The van der Waals surface area contributed by atoms with Crippen LogP contribution in [0, 0.1) is 5.92 Å². The van der Waals surface area contributed by atoms with Gasteiger partial charge in [-0.25, -0.2) is 0 Å². The highest BCUT2D eigenvalue weighted by Crippen LogP contribution is 2.41. The lowest BCUT2D eigenvalue weighted by molar-refractivity contribution is 0.228. The molecule has 2 aromatic carbocycles. The molecule has 0 saturated carbocycles. The summed E-state index contributed by atoms with van der Waals surface area (Å²) in [6.07, 6.45) is 4.17. The molecule has 162 valence electrons. The highest BCUT2D eigenvalue weighted by molar-refractivity contribution is 7.86. The second-order valence-electron chi connectivity index (χ2n) is 8.08. The average Bonchev–Trinajstić information content (AvgIpc) is 2.68.